The van der Waals surface area contributed by atoms with Gasteiger partial charge in [0.1, 0.15) is 5.75 Å². The van der Waals surface area contributed by atoms with Gasteiger partial charge < -0.3 is 14.1 Å². The van der Waals surface area contributed by atoms with Gasteiger partial charge in [0.25, 0.3) is 0 Å². The van der Waals surface area contributed by atoms with E-state index in [1.54, 1.807) is 11.8 Å². The monoisotopic (exact) mass is 511 g/mol. The number of benzene rings is 3. The van der Waals surface area contributed by atoms with E-state index in [-0.39, 0.29) is 0 Å². The zero-order valence-corrected chi connectivity index (χ0v) is 22.3. The molecular formula is C31H33N3O2S. The third-order valence-corrected chi connectivity index (χ3v) is 6.64. The molecule has 0 saturated carbocycles. The number of ether oxygens (including phenoxy) is 1. The molecule has 190 valence electrons. The Morgan fingerprint density at radius 1 is 0.919 bits per heavy atom. The lowest BCUT2D eigenvalue weighted by Crippen LogP contribution is -2.17. The van der Waals surface area contributed by atoms with Crippen LogP contribution in [0, 0.1) is 17.8 Å². The highest BCUT2D eigenvalue weighted by atomic mass is 32.2. The van der Waals surface area contributed by atoms with Gasteiger partial charge >= 0.3 is 0 Å². The molecule has 0 aliphatic rings. The minimum atomic E-state index is 0.304. The minimum Gasteiger partial charge on any atom is -0.493 e. The Labute approximate surface area is 224 Å². The predicted molar refractivity (Wildman–Crippen MR) is 152 cm³/mol. The molecule has 4 rings (SSSR count). The predicted octanol–water partition coefficient (Wildman–Crippen LogP) is 6.21. The first-order chi connectivity index (χ1) is 18.2. The summed E-state index contributed by atoms with van der Waals surface area (Å²) in [5, 5.41) is 8.42. The Hall–Kier alpha value is -3.53. The Morgan fingerprint density at radius 3 is 2.38 bits per heavy atom. The van der Waals surface area contributed by atoms with E-state index in [1.165, 1.54) is 5.56 Å². The molecule has 0 bridgehead atoms. The largest absolute Gasteiger partial charge is 0.493 e. The summed E-state index contributed by atoms with van der Waals surface area (Å²) >= 11 is 1.71. The fourth-order valence-electron chi connectivity index (χ4n) is 3.74. The Balaban J connectivity index is 1.29. The fraction of sp³-hybridized carbons (Fsp3) is 0.290. The molecule has 0 amide bonds. The smallest absolute Gasteiger partial charge is 0.247 e. The number of hydrogen-bond donors (Lipinski definition) is 0. The van der Waals surface area contributed by atoms with Crippen molar-refractivity contribution in [1.82, 2.24) is 15.1 Å². The van der Waals surface area contributed by atoms with E-state index < -0.39 is 0 Å². The highest BCUT2D eigenvalue weighted by Gasteiger charge is 2.10. The van der Waals surface area contributed by atoms with Crippen LogP contribution in [0.4, 0.5) is 0 Å². The van der Waals surface area contributed by atoms with E-state index in [1.807, 2.05) is 54.6 Å². The van der Waals surface area contributed by atoms with Crippen molar-refractivity contribution in [3.05, 3.63) is 102 Å². The zero-order valence-electron chi connectivity index (χ0n) is 21.5. The van der Waals surface area contributed by atoms with Crippen molar-refractivity contribution >= 4 is 11.8 Å². The van der Waals surface area contributed by atoms with Gasteiger partial charge in [-0.25, -0.2) is 0 Å². The van der Waals surface area contributed by atoms with Crippen LogP contribution in [0.2, 0.25) is 0 Å². The van der Waals surface area contributed by atoms with Crippen molar-refractivity contribution in [3.8, 4) is 29.0 Å². The summed E-state index contributed by atoms with van der Waals surface area (Å²) in [6.07, 6.45) is 2.00. The van der Waals surface area contributed by atoms with Crippen LogP contribution in [0.15, 0.2) is 89.3 Å². The normalized spacial score (nSPS) is 11.6. The van der Waals surface area contributed by atoms with E-state index in [0.29, 0.717) is 30.1 Å². The second kappa shape index (κ2) is 14.3. The third kappa shape index (κ3) is 9.13. The van der Waals surface area contributed by atoms with Gasteiger partial charge in [0.2, 0.25) is 11.8 Å². The van der Waals surface area contributed by atoms with Crippen LogP contribution in [0.25, 0.3) is 11.5 Å². The number of para-hydroxylation sites is 1. The second-order valence-electron chi connectivity index (χ2n) is 9.04. The lowest BCUT2D eigenvalue weighted by molar-refractivity contribution is 0.344. The van der Waals surface area contributed by atoms with Crippen LogP contribution in [0.1, 0.15) is 23.4 Å². The maximum absolute atomic E-state index is 5.87. The van der Waals surface area contributed by atoms with Crippen molar-refractivity contribution < 1.29 is 9.15 Å². The third-order valence-electron chi connectivity index (χ3n) is 5.73. The molecule has 0 aliphatic heterocycles. The average molecular weight is 512 g/mol. The Kier molecular flexibility index (Phi) is 10.2. The molecule has 1 unspecified atom stereocenters. The van der Waals surface area contributed by atoms with Crippen LogP contribution < -0.4 is 4.74 Å². The lowest BCUT2D eigenvalue weighted by atomic mass is 9.96. The summed E-state index contributed by atoms with van der Waals surface area (Å²) in [5.41, 5.74) is 3.21. The second-order valence-corrected chi connectivity index (χ2v) is 10.1. The summed E-state index contributed by atoms with van der Waals surface area (Å²) in [4.78, 5) is 2.21. The Bertz CT molecular complexity index is 1260. The molecule has 0 N–H and O–H groups in total. The molecule has 5 nitrogen and oxygen atoms in total. The van der Waals surface area contributed by atoms with Crippen LogP contribution in [0.5, 0.6) is 5.75 Å². The topological polar surface area (TPSA) is 51.4 Å². The molecule has 3 aromatic carbocycles. The number of hydrogen-bond acceptors (Lipinski definition) is 6. The first-order valence-corrected chi connectivity index (χ1v) is 13.7. The summed E-state index contributed by atoms with van der Waals surface area (Å²) < 4.78 is 11.6. The van der Waals surface area contributed by atoms with Crippen LogP contribution in [-0.2, 0) is 12.2 Å². The zero-order chi connectivity index (χ0) is 25.7. The van der Waals surface area contributed by atoms with Crippen LogP contribution in [0.3, 0.4) is 0 Å². The van der Waals surface area contributed by atoms with Gasteiger partial charge in [-0.15, -0.1) is 22.0 Å². The molecule has 4 aromatic rings. The minimum absolute atomic E-state index is 0.304. The van der Waals surface area contributed by atoms with Crippen LogP contribution in [-0.4, -0.2) is 48.1 Å². The number of thioether (sulfide) groups is 1. The molecule has 0 radical (unpaired) electrons. The molecule has 1 atom stereocenters. The molecule has 1 aromatic heterocycles. The maximum atomic E-state index is 5.87. The molecule has 1 heterocycles. The Morgan fingerprint density at radius 2 is 1.65 bits per heavy atom. The van der Waals surface area contributed by atoms with E-state index in [0.717, 1.165) is 42.0 Å². The van der Waals surface area contributed by atoms with Gasteiger partial charge in [0.15, 0.2) is 0 Å². The summed E-state index contributed by atoms with van der Waals surface area (Å²) in [5.74, 6) is 10.7. The molecule has 37 heavy (non-hydrogen) atoms. The molecule has 0 spiro atoms. The van der Waals surface area contributed by atoms with E-state index in [9.17, 15) is 0 Å². The van der Waals surface area contributed by atoms with Crippen LogP contribution >= 0.6 is 11.8 Å². The van der Waals surface area contributed by atoms with E-state index in [2.05, 4.69) is 71.4 Å². The summed E-state index contributed by atoms with van der Waals surface area (Å²) in [6.45, 7) is 1.66. The van der Waals surface area contributed by atoms with Crippen molar-refractivity contribution in [1.29, 1.82) is 0 Å². The lowest BCUT2D eigenvalue weighted by Gasteiger charge is -2.14. The van der Waals surface area contributed by atoms with Crippen molar-refractivity contribution in [3.63, 3.8) is 0 Å². The standard InChI is InChI=1S/C31H33N3O2S/c1-34(2)20-19-27(23-26-9-5-3-6-10-26)14-13-25-15-17-28(18-16-25)31-33-32-30(36-31)24-37-22-21-35-29-11-7-4-8-12-29/h3-12,15-18,27H,19-24H2,1-2H3. The number of rotatable bonds is 12. The summed E-state index contributed by atoms with van der Waals surface area (Å²) in [7, 11) is 4.21. The fourth-order valence-corrected chi connectivity index (χ4v) is 4.38. The summed E-state index contributed by atoms with van der Waals surface area (Å²) in [6, 6.07) is 28.4. The highest BCUT2D eigenvalue weighted by Crippen LogP contribution is 2.21. The van der Waals surface area contributed by atoms with Crippen molar-refractivity contribution in [2.75, 3.05) is 33.0 Å². The quantitative estimate of drug-likeness (QED) is 0.166. The molecule has 0 saturated heterocycles. The first-order valence-electron chi connectivity index (χ1n) is 12.5. The number of nitrogens with zero attached hydrogens (tertiary/aromatic N) is 3. The van der Waals surface area contributed by atoms with E-state index >= 15 is 0 Å². The molecule has 6 heteroatoms. The molecule has 0 fully saturated rings. The van der Waals surface area contributed by atoms with Crippen molar-refractivity contribution in [2.24, 2.45) is 5.92 Å². The highest BCUT2D eigenvalue weighted by molar-refractivity contribution is 7.98. The van der Waals surface area contributed by atoms with Gasteiger partial charge in [-0.1, -0.05) is 60.4 Å². The van der Waals surface area contributed by atoms with Gasteiger partial charge in [-0.05, 0) is 75.4 Å². The molecular weight excluding hydrogens is 478 g/mol. The van der Waals surface area contributed by atoms with Gasteiger partial charge in [0.05, 0.1) is 12.4 Å². The SMILES string of the molecule is CN(C)CCC(C#Cc1ccc(-c2nnc(CSCCOc3ccccc3)o2)cc1)Cc1ccccc1. The van der Waals surface area contributed by atoms with Crippen molar-refractivity contribution in [2.45, 2.75) is 18.6 Å². The van der Waals surface area contributed by atoms with Gasteiger partial charge in [0, 0.05) is 22.8 Å². The van der Waals surface area contributed by atoms with E-state index in [4.69, 9.17) is 9.15 Å². The molecule has 0 aliphatic carbocycles. The van der Waals surface area contributed by atoms with Gasteiger partial charge in [-0.3, -0.25) is 0 Å². The maximum Gasteiger partial charge on any atom is 0.247 e. The average Bonchev–Trinajstić information content (AvgIpc) is 3.40. The number of aromatic nitrogens is 2. The van der Waals surface area contributed by atoms with Gasteiger partial charge in [-0.2, -0.15) is 0 Å². The first kappa shape index (κ1) is 26.5.